The van der Waals surface area contributed by atoms with Crippen molar-refractivity contribution in [3.05, 3.63) is 111 Å². The Hall–Kier alpha value is -4.54. The third-order valence-corrected chi connectivity index (χ3v) is 6.71. The number of fused-ring (bicyclic) bond motifs is 4. The molecule has 2 amide bonds. The Morgan fingerprint density at radius 2 is 1.79 bits per heavy atom. The van der Waals surface area contributed by atoms with E-state index in [1.165, 1.54) is 10.9 Å². The Balaban J connectivity index is 1.56. The number of carbonyl (C=O) groups excluding carboxylic acids is 2. The van der Waals surface area contributed by atoms with Gasteiger partial charge in [-0.1, -0.05) is 42.5 Å². The van der Waals surface area contributed by atoms with Gasteiger partial charge in [0.25, 0.3) is 11.8 Å². The Labute approximate surface area is 221 Å². The lowest BCUT2D eigenvalue weighted by Crippen LogP contribution is -2.58. The number of hydrogen-bond donors (Lipinski definition) is 1. The van der Waals surface area contributed by atoms with E-state index in [2.05, 4.69) is 5.32 Å². The highest BCUT2D eigenvalue weighted by Crippen LogP contribution is 2.26. The van der Waals surface area contributed by atoms with E-state index >= 15 is 0 Å². The second kappa shape index (κ2) is 10.7. The molecule has 0 spiro atoms. The third-order valence-electron chi connectivity index (χ3n) is 6.71. The first kappa shape index (κ1) is 26.1. The second-order valence-corrected chi connectivity index (χ2v) is 9.36. The summed E-state index contributed by atoms with van der Waals surface area (Å²) >= 11 is 0. The summed E-state index contributed by atoms with van der Waals surface area (Å²) in [6.45, 7) is 1.82. The van der Waals surface area contributed by atoms with Gasteiger partial charge in [0.2, 0.25) is 5.43 Å². The fourth-order valence-electron chi connectivity index (χ4n) is 4.57. The van der Waals surface area contributed by atoms with Crippen LogP contribution in [0.4, 0.5) is 13.2 Å². The molecule has 3 heterocycles. The molecule has 0 radical (unpaired) electrons. The summed E-state index contributed by atoms with van der Waals surface area (Å²) in [4.78, 5) is 41.8. The Kier molecular flexibility index (Phi) is 7.14. The van der Waals surface area contributed by atoms with Crippen LogP contribution >= 0.6 is 0 Å². The van der Waals surface area contributed by atoms with Gasteiger partial charge in [0.15, 0.2) is 11.4 Å². The standard InChI is InChI=1S/C28H25F3N4O4/c1-17-7-5-6-10-33-16-35(17)34-14-21(27(37)32-13-20-22(30)11-19(29)12-23(20)31)25(36)26(24(34)28(33)38)39-15-18-8-3-2-4-9-18/h2-6,8-9,11-12,14,17H,7,10,13,15-16H2,1H3,(H,32,37)/b6-5-/t17-/m1/s1. The molecule has 0 unspecified atom stereocenters. The van der Waals surface area contributed by atoms with Gasteiger partial charge in [-0.25, -0.2) is 13.2 Å². The van der Waals surface area contributed by atoms with E-state index < -0.39 is 46.8 Å². The van der Waals surface area contributed by atoms with Gasteiger partial charge >= 0.3 is 0 Å². The molecule has 2 aliphatic rings. The highest BCUT2D eigenvalue weighted by molar-refractivity contribution is 5.99. The average Bonchev–Trinajstić information content (AvgIpc) is 2.90. The van der Waals surface area contributed by atoms with Crippen molar-refractivity contribution in [1.82, 2.24) is 14.9 Å². The van der Waals surface area contributed by atoms with Gasteiger partial charge in [-0.15, -0.1) is 0 Å². The predicted molar refractivity (Wildman–Crippen MR) is 136 cm³/mol. The first-order chi connectivity index (χ1) is 18.7. The van der Waals surface area contributed by atoms with Crippen LogP contribution in [-0.2, 0) is 13.2 Å². The summed E-state index contributed by atoms with van der Waals surface area (Å²) in [5.41, 5.74) is -1.06. The normalized spacial score (nSPS) is 17.2. The topological polar surface area (TPSA) is 83.9 Å². The van der Waals surface area contributed by atoms with Crippen LogP contribution in [0.2, 0.25) is 0 Å². The number of nitrogens with one attached hydrogen (secondary N) is 1. The summed E-state index contributed by atoms with van der Waals surface area (Å²) in [5, 5.41) is 4.17. The molecule has 2 bridgehead atoms. The number of ether oxygens (including phenoxy) is 1. The van der Waals surface area contributed by atoms with Crippen molar-refractivity contribution in [2.75, 3.05) is 18.2 Å². The van der Waals surface area contributed by atoms with E-state index in [1.807, 2.05) is 30.2 Å². The zero-order valence-electron chi connectivity index (χ0n) is 21.0. The van der Waals surface area contributed by atoms with E-state index in [9.17, 15) is 27.6 Å². The minimum atomic E-state index is -1.17. The molecule has 39 heavy (non-hydrogen) atoms. The maximum Gasteiger partial charge on any atom is 0.278 e. The molecule has 1 atom stereocenters. The third kappa shape index (κ3) is 5.12. The molecule has 0 aliphatic carbocycles. The zero-order valence-corrected chi connectivity index (χ0v) is 21.0. The number of aromatic nitrogens is 1. The minimum absolute atomic E-state index is 0.0171. The van der Waals surface area contributed by atoms with E-state index in [-0.39, 0.29) is 36.3 Å². The van der Waals surface area contributed by atoms with E-state index in [0.29, 0.717) is 25.1 Å². The van der Waals surface area contributed by atoms with Crippen LogP contribution in [0, 0.1) is 17.5 Å². The molecule has 1 aromatic heterocycles. The van der Waals surface area contributed by atoms with Crippen molar-refractivity contribution in [3.8, 4) is 5.75 Å². The molecule has 0 fully saturated rings. The van der Waals surface area contributed by atoms with Crippen LogP contribution in [0.1, 0.15) is 45.3 Å². The number of hydrogen-bond acceptors (Lipinski definition) is 5. The van der Waals surface area contributed by atoms with E-state index in [1.54, 1.807) is 29.2 Å². The van der Waals surface area contributed by atoms with Crippen LogP contribution in [0.25, 0.3) is 0 Å². The predicted octanol–water partition coefficient (Wildman–Crippen LogP) is 3.47. The molecule has 2 aliphatic heterocycles. The van der Waals surface area contributed by atoms with Gasteiger partial charge in [-0.3, -0.25) is 24.1 Å². The SMILES string of the molecule is C[C@@H]1C/C=C\CN2CN1n1cc(C(=O)NCc3c(F)cc(F)cc3F)c(=O)c(OCc3ccccc3)c1C2=O. The van der Waals surface area contributed by atoms with Crippen molar-refractivity contribution >= 4 is 11.8 Å². The lowest BCUT2D eigenvalue weighted by molar-refractivity contribution is 0.0691. The number of amides is 2. The molecule has 0 saturated carbocycles. The smallest absolute Gasteiger partial charge is 0.278 e. The average molecular weight is 539 g/mol. The van der Waals surface area contributed by atoms with Crippen molar-refractivity contribution in [2.24, 2.45) is 0 Å². The minimum Gasteiger partial charge on any atom is -0.482 e. The molecule has 8 nitrogen and oxygen atoms in total. The number of rotatable bonds is 6. The Bertz CT molecular complexity index is 1500. The number of carbonyl (C=O) groups is 2. The maximum absolute atomic E-state index is 14.1. The van der Waals surface area contributed by atoms with Gasteiger partial charge in [0, 0.05) is 43.0 Å². The summed E-state index contributed by atoms with van der Waals surface area (Å²) in [7, 11) is 0. The first-order valence-electron chi connectivity index (χ1n) is 12.3. The number of halogens is 3. The number of pyridine rings is 1. The van der Waals surface area contributed by atoms with Gasteiger partial charge in [0.05, 0.1) is 0 Å². The molecular formula is C28H25F3N4O4. The fraction of sp³-hybridized carbons (Fsp3) is 0.250. The van der Waals surface area contributed by atoms with Crippen molar-refractivity contribution in [3.63, 3.8) is 0 Å². The van der Waals surface area contributed by atoms with Gasteiger partial charge in [0.1, 0.15) is 36.3 Å². The summed E-state index contributed by atoms with van der Waals surface area (Å²) in [6.07, 6.45) is 5.74. The summed E-state index contributed by atoms with van der Waals surface area (Å²) < 4.78 is 48.9. The van der Waals surface area contributed by atoms with E-state index in [0.717, 1.165) is 5.56 Å². The van der Waals surface area contributed by atoms with Crippen molar-refractivity contribution in [1.29, 1.82) is 0 Å². The Morgan fingerprint density at radius 3 is 2.51 bits per heavy atom. The first-order valence-corrected chi connectivity index (χ1v) is 12.3. The van der Waals surface area contributed by atoms with Gasteiger partial charge in [-0.05, 0) is 18.9 Å². The highest BCUT2D eigenvalue weighted by atomic mass is 19.1. The quantitative estimate of drug-likeness (QED) is 0.486. The maximum atomic E-state index is 14.1. The van der Waals surface area contributed by atoms with Crippen LogP contribution in [-0.4, -0.2) is 40.6 Å². The molecular weight excluding hydrogens is 513 g/mol. The monoisotopic (exact) mass is 538 g/mol. The lowest BCUT2D eigenvalue weighted by atomic mass is 10.1. The molecule has 11 heteroatoms. The Morgan fingerprint density at radius 1 is 1.08 bits per heavy atom. The van der Waals surface area contributed by atoms with Crippen molar-refractivity contribution in [2.45, 2.75) is 32.5 Å². The molecule has 202 valence electrons. The van der Waals surface area contributed by atoms with Crippen LogP contribution < -0.4 is 20.5 Å². The van der Waals surface area contributed by atoms with Crippen LogP contribution in [0.15, 0.2) is 65.6 Å². The number of nitrogens with zero attached hydrogens (tertiary/aromatic N) is 3. The van der Waals surface area contributed by atoms with Gasteiger partial charge in [-0.2, -0.15) is 0 Å². The van der Waals surface area contributed by atoms with E-state index in [4.69, 9.17) is 4.74 Å². The molecule has 1 N–H and O–H groups in total. The van der Waals surface area contributed by atoms with Gasteiger partial charge < -0.3 is 15.0 Å². The van der Waals surface area contributed by atoms with Crippen LogP contribution in [0.5, 0.6) is 5.75 Å². The summed E-state index contributed by atoms with van der Waals surface area (Å²) in [5.74, 6) is -5.11. The molecule has 5 rings (SSSR count). The molecule has 2 aromatic carbocycles. The van der Waals surface area contributed by atoms with Crippen LogP contribution in [0.3, 0.4) is 0 Å². The second-order valence-electron chi connectivity index (χ2n) is 9.36. The zero-order chi connectivity index (χ0) is 27.7. The molecule has 3 aromatic rings. The summed E-state index contributed by atoms with van der Waals surface area (Å²) in [6, 6.07) is 9.89. The van der Waals surface area contributed by atoms with Crippen molar-refractivity contribution < 1.29 is 27.5 Å². The fourth-order valence-corrected chi connectivity index (χ4v) is 4.57. The highest BCUT2D eigenvalue weighted by Gasteiger charge is 2.37. The number of benzene rings is 2. The largest absolute Gasteiger partial charge is 0.482 e. The lowest BCUT2D eigenvalue weighted by Gasteiger charge is -2.43. The molecule has 0 saturated heterocycles.